The van der Waals surface area contributed by atoms with Gasteiger partial charge in [0.25, 0.3) is 5.82 Å². The highest BCUT2D eigenvalue weighted by Crippen LogP contribution is 2.04. The molecule has 0 atom stereocenters. The lowest BCUT2D eigenvalue weighted by atomic mass is 10.7. The molecule has 0 N–H and O–H groups in total. The molecule has 0 unspecified atom stereocenters. The summed E-state index contributed by atoms with van der Waals surface area (Å²) in [6, 6.07) is 0. The molecule has 9 heavy (non-hydrogen) atoms. The molecule has 0 bridgehead atoms. The topological polar surface area (TPSA) is 8.81 Å². The molecule has 0 aliphatic heterocycles. The van der Waals surface area contributed by atoms with E-state index in [4.69, 9.17) is 11.6 Å². The van der Waals surface area contributed by atoms with Crippen LogP contribution in [0.5, 0.6) is 0 Å². The van der Waals surface area contributed by atoms with E-state index in [1.165, 1.54) is 0 Å². The molecular weight excluding hydrogens is 136 g/mol. The summed E-state index contributed by atoms with van der Waals surface area (Å²) in [5.41, 5.74) is 0. The number of rotatable bonds is 0. The third-order valence-corrected chi connectivity index (χ3v) is 1.97. The Morgan fingerprint density at radius 2 is 2.22 bits per heavy atom. The van der Waals surface area contributed by atoms with Gasteiger partial charge in [-0.15, -0.1) is 0 Å². The van der Waals surface area contributed by atoms with E-state index in [9.17, 15) is 0 Å². The van der Waals surface area contributed by atoms with Crippen molar-refractivity contribution in [3.8, 4) is 0 Å². The number of halogens is 1. The molecule has 2 nitrogen and oxygen atoms in total. The van der Waals surface area contributed by atoms with Crippen LogP contribution in [0.3, 0.4) is 0 Å². The summed E-state index contributed by atoms with van der Waals surface area (Å²) in [4.78, 5) is 0. The fourth-order valence-electron chi connectivity index (χ4n) is 0.731. The van der Waals surface area contributed by atoms with Gasteiger partial charge in [0.05, 0.1) is 14.1 Å². The van der Waals surface area contributed by atoms with Gasteiger partial charge in [0, 0.05) is 6.92 Å². The van der Waals surface area contributed by atoms with Gasteiger partial charge in [-0.2, -0.15) is 0 Å². The predicted octanol–water partition coefficient (Wildman–Crippen LogP) is 0.811. The highest BCUT2D eigenvalue weighted by atomic mass is 35.5. The van der Waals surface area contributed by atoms with Gasteiger partial charge in [-0.05, 0) is 11.6 Å². The van der Waals surface area contributed by atoms with Crippen LogP contribution in [0, 0.1) is 6.92 Å². The minimum Gasteiger partial charge on any atom is -0.236 e. The van der Waals surface area contributed by atoms with Gasteiger partial charge in [-0.1, -0.05) is 0 Å². The molecule has 1 rings (SSSR count). The fourth-order valence-corrected chi connectivity index (χ4v) is 1.000. The molecular formula is C6H10ClN2+. The number of aromatic nitrogens is 2. The average molecular weight is 146 g/mol. The van der Waals surface area contributed by atoms with E-state index >= 15 is 0 Å². The summed E-state index contributed by atoms with van der Waals surface area (Å²) in [6.07, 6.45) is 1.89. The van der Waals surface area contributed by atoms with Crippen molar-refractivity contribution in [2.75, 3.05) is 0 Å². The third-order valence-electron chi connectivity index (χ3n) is 1.62. The minimum atomic E-state index is 0.773. The van der Waals surface area contributed by atoms with Gasteiger partial charge in [-0.25, -0.2) is 9.13 Å². The van der Waals surface area contributed by atoms with E-state index < -0.39 is 0 Å². The minimum absolute atomic E-state index is 0.773. The smallest absolute Gasteiger partial charge is 0.236 e. The Morgan fingerprint density at radius 3 is 2.33 bits per heavy atom. The van der Waals surface area contributed by atoms with Crippen LogP contribution in [0.4, 0.5) is 0 Å². The molecule has 0 amide bonds. The largest absolute Gasteiger partial charge is 0.254 e. The second kappa shape index (κ2) is 2.03. The summed E-state index contributed by atoms with van der Waals surface area (Å²) >= 11 is 5.78. The molecule has 0 saturated heterocycles. The van der Waals surface area contributed by atoms with Crippen molar-refractivity contribution in [3.05, 3.63) is 17.2 Å². The average Bonchev–Trinajstić information content (AvgIpc) is 1.98. The van der Waals surface area contributed by atoms with Crippen LogP contribution in [0.15, 0.2) is 6.20 Å². The number of nitrogens with zero attached hydrogens (tertiary/aromatic N) is 2. The van der Waals surface area contributed by atoms with Crippen LogP contribution in [0.1, 0.15) is 5.82 Å². The van der Waals surface area contributed by atoms with Gasteiger partial charge in [-0.3, -0.25) is 0 Å². The molecule has 0 saturated carbocycles. The van der Waals surface area contributed by atoms with Crippen molar-refractivity contribution < 1.29 is 4.57 Å². The second-order valence-electron chi connectivity index (χ2n) is 2.17. The Bertz CT molecular complexity index is 205. The van der Waals surface area contributed by atoms with E-state index in [0.717, 1.165) is 11.0 Å². The van der Waals surface area contributed by atoms with Crippen LogP contribution in [-0.4, -0.2) is 4.57 Å². The second-order valence-corrected chi connectivity index (χ2v) is 2.56. The molecule has 0 spiro atoms. The van der Waals surface area contributed by atoms with Gasteiger partial charge in [0.15, 0.2) is 0 Å². The Balaban J connectivity index is 3.29. The first-order valence-electron chi connectivity index (χ1n) is 2.80. The van der Waals surface area contributed by atoms with Gasteiger partial charge < -0.3 is 0 Å². The molecule has 0 aromatic carbocycles. The number of aryl methyl sites for hydroxylation is 1. The lowest BCUT2D eigenvalue weighted by Crippen LogP contribution is -2.29. The maximum absolute atomic E-state index is 5.78. The van der Waals surface area contributed by atoms with Gasteiger partial charge in [0.1, 0.15) is 6.20 Å². The first kappa shape index (κ1) is 6.62. The van der Waals surface area contributed by atoms with Crippen LogP contribution in [0.2, 0.25) is 5.15 Å². The number of hydrogen-bond acceptors (Lipinski definition) is 0. The third kappa shape index (κ3) is 0.944. The van der Waals surface area contributed by atoms with Crippen molar-refractivity contribution in [1.29, 1.82) is 0 Å². The summed E-state index contributed by atoms with van der Waals surface area (Å²) in [5, 5.41) is 0.773. The molecule has 0 radical (unpaired) electrons. The fraction of sp³-hybridized carbons (Fsp3) is 0.500. The van der Waals surface area contributed by atoms with Crippen molar-refractivity contribution >= 4 is 11.6 Å². The molecule has 1 aromatic heterocycles. The Labute approximate surface area is 59.7 Å². The lowest BCUT2D eigenvalue weighted by molar-refractivity contribution is -0.677. The Kier molecular flexibility index (Phi) is 1.49. The quantitative estimate of drug-likeness (QED) is 0.478. The van der Waals surface area contributed by atoms with Crippen LogP contribution in [-0.2, 0) is 14.1 Å². The van der Waals surface area contributed by atoms with E-state index in [1.807, 2.05) is 36.4 Å². The Hall–Kier alpha value is -0.500. The maximum Gasteiger partial charge on any atom is 0.254 e. The highest BCUT2D eigenvalue weighted by molar-refractivity contribution is 6.29. The normalized spacial score (nSPS) is 10.2. The van der Waals surface area contributed by atoms with E-state index in [2.05, 4.69) is 0 Å². The van der Waals surface area contributed by atoms with Crippen LogP contribution < -0.4 is 4.57 Å². The number of imidazole rings is 1. The summed E-state index contributed by atoms with van der Waals surface area (Å²) in [5.74, 6) is 1.15. The summed E-state index contributed by atoms with van der Waals surface area (Å²) < 4.78 is 3.92. The SMILES string of the molecule is Cc1n(C)c(Cl)c[n+]1C. The van der Waals surface area contributed by atoms with Crippen molar-refractivity contribution in [2.24, 2.45) is 14.1 Å². The predicted molar refractivity (Wildman–Crippen MR) is 36.3 cm³/mol. The van der Waals surface area contributed by atoms with Crippen LogP contribution >= 0.6 is 11.6 Å². The summed E-state index contributed by atoms with van der Waals surface area (Å²) in [6.45, 7) is 2.02. The van der Waals surface area contributed by atoms with E-state index in [1.54, 1.807) is 0 Å². The van der Waals surface area contributed by atoms with Crippen molar-refractivity contribution in [3.63, 3.8) is 0 Å². The van der Waals surface area contributed by atoms with Gasteiger partial charge in [0.2, 0.25) is 5.15 Å². The van der Waals surface area contributed by atoms with Crippen LogP contribution in [0.25, 0.3) is 0 Å². The van der Waals surface area contributed by atoms with Crippen molar-refractivity contribution in [1.82, 2.24) is 4.57 Å². The lowest BCUT2D eigenvalue weighted by Gasteiger charge is -1.86. The molecule has 0 fully saturated rings. The molecule has 3 heteroatoms. The molecule has 0 aliphatic rings. The summed E-state index contributed by atoms with van der Waals surface area (Å²) in [7, 11) is 3.92. The number of hydrogen-bond donors (Lipinski definition) is 0. The maximum atomic E-state index is 5.78. The zero-order valence-electron chi connectivity index (χ0n) is 5.85. The molecule has 50 valence electrons. The first-order valence-corrected chi connectivity index (χ1v) is 3.18. The molecule has 1 aromatic rings. The Morgan fingerprint density at radius 1 is 1.67 bits per heavy atom. The van der Waals surface area contributed by atoms with E-state index in [-0.39, 0.29) is 0 Å². The molecule has 0 aliphatic carbocycles. The highest BCUT2D eigenvalue weighted by Gasteiger charge is 2.09. The van der Waals surface area contributed by atoms with Gasteiger partial charge >= 0.3 is 0 Å². The van der Waals surface area contributed by atoms with E-state index in [0.29, 0.717) is 0 Å². The standard InChI is InChI=1S/C6H10ClN2/c1-5-8(2)4-6(7)9(5)3/h4H,1-3H3/q+1. The zero-order chi connectivity index (χ0) is 7.02. The zero-order valence-corrected chi connectivity index (χ0v) is 6.61. The van der Waals surface area contributed by atoms with Crippen molar-refractivity contribution in [2.45, 2.75) is 6.92 Å². The first-order chi connectivity index (χ1) is 4.13. The molecule has 1 heterocycles. The monoisotopic (exact) mass is 145 g/mol.